The van der Waals surface area contributed by atoms with Gasteiger partial charge >= 0.3 is 0 Å². The van der Waals surface area contributed by atoms with Crippen molar-refractivity contribution in [2.24, 2.45) is 5.92 Å². The summed E-state index contributed by atoms with van der Waals surface area (Å²) in [6.45, 7) is 4.15. The van der Waals surface area contributed by atoms with E-state index in [2.05, 4.69) is 10.6 Å². The fraction of sp³-hybridized carbons (Fsp3) is 0.417. The van der Waals surface area contributed by atoms with Gasteiger partial charge in [-0.05, 0) is 44.4 Å². The molecule has 182 valence electrons. The summed E-state index contributed by atoms with van der Waals surface area (Å²) in [6, 6.07) is 10.6. The van der Waals surface area contributed by atoms with Gasteiger partial charge < -0.3 is 20.1 Å². The number of benzene rings is 2. The third-order valence-electron chi connectivity index (χ3n) is 6.30. The third-order valence-corrected chi connectivity index (χ3v) is 8.34. The van der Waals surface area contributed by atoms with Gasteiger partial charge in [0, 0.05) is 37.2 Å². The summed E-state index contributed by atoms with van der Waals surface area (Å²) >= 11 is 0. The molecule has 1 unspecified atom stereocenters. The van der Waals surface area contributed by atoms with E-state index in [1.54, 1.807) is 27.0 Å². The Morgan fingerprint density at radius 3 is 2.65 bits per heavy atom. The molecule has 2 aromatic carbocycles. The molecule has 0 aromatic heterocycles. The monoisotopic (exact) mass is 487 g/mol. The molecule has 0 aliphatic carbocycles. The van der Waals surface area contributed by atoms with Crippen LogP contribution in [0.1, 0.15) is 30.9 Å². The van der Waals surface area contributed by atoms with Crippen molar-refractivity contribution < 1.29 is 27.5 Å². The lowest BCUT2D eigenvalue weighted by molar-refractivity contribution is -0.126. The predicted octanol–water partition coefficient (Wildman–Crippen LogP) is 2.44. The van der Waals surface area contributed by atoms with Crippen LogP contribution in [0.3, 0.4) is 0 Å². The molecule has 9 nitrogen and oxygen atoms in total. The lowest BCUT2D eigenvalue weighted by Gasteiger charge is -2.31. The number of aryl methyl sites for hydroxylation is 1. The number of hydrogen-bond acceptors (Lipinski definition) is 6. The number of piperidine rings is 1. The molecule has 2 heterocycles. The van der Waals surface area contributed by atoms with Crippen LogP contribution < -0.4 is 20.1 Å². The molecule has 2 N–H and O–H groups in total. The molecular formula is C24H29N3O6S. The molecule has 1 fully saturated rings. The lowest BCUT2D eigenvalue weighted by Crippen LogP contribution is -2.43. The van der Waals surface area contributed by atoms with Crippen molar-refractivity contribution in [2.45, 2.75) is 44.2 Å². The first kappa shape index (κ1) is 24.0. The zero-order valence-corrected chi connectivity index (χ0v) is 20.3. The maximum Gasteiger partial charge on any atom is 0.265 e. The van der Waals surface area contributed by atoms with Crippen LogP contribution in [-0.2, 0) is 26.2 Å². The summed E-state index contributed by atoms with van der Waals surface area (Å²) in [7, 11) is -2.19. The number of methoxy groups -OCH3 is 1. The van der Waals surface area contributed by atoms with Crippen molar-refractivity contribution in [3.63, 3.8) is 0 Å². The lowest BCUT2D eigenvalue weighted by atomic mass is 9.97. The molecule has 0 spiro atoms. The first-order valence-electron chi connectivity index (χ1n) is 11.2. The highest BCUT2D eigenvalue weighted by Gasteiger charge is 2.34. The Kier molecular flexibility index (Phi) is 6.81. The Labute approximate surface area is 199 Å². The molecule has 0 radical (unpaired) electrons. The van der Waals surface area contributed by atoms with E-state index in [0.717, 1.165) is 5.56 Å². The number of ether oxygens (including phenoxy) is 2. The topological polar surface area (TPSA) is 114 Å². The number of para-hydroxylation sites is 1. The second-order valence-corrected chi connectivity index (χ2v) is 10.5. The average molecular weight is 488 g/mol. The molecule has 0 saturated carbocycles. The first-order valence-corrected chi connectivity index (χ1v) is 12.7. The minimum Gasteiger partial charge on any atom is -0.496 e. The Morgan fingerprint density at radius 1 is 1.24 bits per heavy atom. The second kappa shape index (κ2) is 9.63. The van der Waals surface area contributed by atoms with Gasteiger partial charge in [0.15, 0.2) is 6.10 Å². The standard InChI is InChI=1S/C24H29N3O6S/c1-15-12-19-21(33-16(2)23(28)26-19)13-22(15)34(30,31)27-10-8-17(9-11-27)24(29)25-14-18-6-4-5-7-20(18)32-3/h4-7,12-13,16-17H,8-11,14H2,1-3H3,(H,25,29)(H,26,28). The summed E-state index contributed by atoms with van der Waals surface area (Å²) < 4.78 is 39.1. The number of hydrogen-bond donors (Lipinski definition) is 2. The van der Waals surface area contributed by atoms with Gasteiger partial charge in [-0.3, -0.25) is 9.59 Å². The van der Waals surface area contributed by atoms with Gasteiger partial charge in [-0.25, -0.2) is 8.42 Å². The number of amides is 2. The molecule has 2 amide bonds. The number of carbonyl (C=O) groups excluding carboxylic acids is 2. The van der Waals surface area contributed by atoms with Crippen molar-refractivity contribution in [2.75, 3.05) is 25.5 Å². The summed E-state index contributed by atoms with van der Waals surface area (Å²) in [5.41, 5.74) is 1.87. The molecule has 1 saturated heterocycles. The maximum absolute atomic E-state index is 13.4. The highest BCUT2D eigenvalue weighted by Crippen LogP contribution is 2.36. The van der Waals surface area contributed by atoms with Crippen LogP contribution in [0.15, 0.2) is 41.3 Å². The Balaban J connectivity index is 1.40. The SMILES string of the molecule is COc1ccccc1CNC(=O)C1CCN(S(=O)(=O)c2cc3c(cc2C)NC(=O)C(C)O3)CC1. The molecule has 2 aliphatic heterocycles. The minimum atomic E-state index is -3.78. The van der Waals surface area contributed by atoms with Crippen LogP contribution in [0.5, 0.6) is 11.5 Å². The van der Waals surface area contributed by atoms with Crippen LogP contribution in [0.2, 0.25) is 0 Å². The number of fused-ring (bicyclic) bond motifs is 1. The van der Waals surface area contributed by atoms with Crippen molar-refractivity contribution in [1.82, 2.24) is 9.62 Å². The first-order chi connectivity index (χ1) is 16.2. The number of rotatable bonds is 6. The maximum atomic E-state index is 13.4. The van der Waals surface area contributed by atoms with E-state index in [1.807, 2.05) is 24.3 Å². The zero-order chi connectivity index (χ0) is 24.5. The molecular weight excluding hydrogens is 458 g/mol. The van der Waals surface area contributed by atoms with Crippen molar-refractivity contribution >= 4 is 27.5 Å². The zero-order valence-electron chi connectivity index (χ0n) is 19.5. The summed E-state index contributed by atoms with van der Waals surface area (Å²) in [6.07, 6.45) is 0.172. The summed E-state index contributed by atoms with van der Waals surface area (Å²) in [5.74, 6) is 0.425. The van der Waals surface area contributed by atoms with E-state index in [-0.39, 0.29) is 35.7 Å². The van der Waals surface area contributed by atoms with Gasteiger partial charge in [0.05, 0.1) is 17.7 Å². The largest absolute Gasteiger partial charge is 0.496 e. The normalized spacial score (nSPS) is 19.0. The van der Waals surface area contributed by atoms with Gasteiger partial charge in [0.25, 0.3) is 5.91 Å². The molecule has 2 aromatic rings. The summed E-state index contributed by atoms with van der Waals surface area (Å²) in [5, 5.41) is 5.67. The van der Waals surface area contributed by atoms with Gasteiger partial charge in [-0.1, -0.05) is 18.2 Å². The second-order valence-electron chi connectivity index (χ2n) is 8.57. The molecule has 34 heavy (non-hydrogen) atoms. The summed E-state index contributed by atoms with van der Waals surface area (Å²) in [4.78, 5) is 24.7. The minimum absolute atomic E-state index is 0.0916. The molecule has 0 bridgehead atoms. The van der Waals surface area contributed by atoms with Gasteiger partial charge in [0.2, 0.25) is 15.9 Å². The number of nitrogens with zero attached hydrogens (tertiary/aromatic N) is 1. The van der Waals surface area contributed by atoms with E-state index in [0.29, 0.717) is 42.1 Å². The van der Waals surface area contributed by atoms with Crippen LogP contribution in [0, 0.1) is 12.8 Å². The smallest absolute Gasteiger partial charge is 0.265 e. The van der Waals surface area contributed by atoms with E-state index >= 15 is 0 Å². The number of carbonyl (C=O) groups is 2. The quantitative estimate of drug-likeness (QED) is 0.647. The van der Waals surface area contributed by atoms with E-state index in [4.69, 9.17) is 9.47 Å². The molecule has 4 rings (SSSR count). The van der Waals surface area contributed by atoms with E-state index in [9.17, 15) is 18.0 Å². The predicted molar refractivity (Wildman–Crippen MR) is 126 cm³/mol. The fourth-order valence-corrected chi connectivity index (χ4v) is 5.99. The van der Waals surface area contributed by atoms with Gasteiger partial charge in [0.1, 0.15) is 11.5 Å². The van der Waals surface area contributed by atoms with Gasteiger partial charge in [-0.2, -0.15) is 4.31 Å². The molecule has 1 atom stereocenters. The molecule has 2 aliphatic rings. The van der Waals surface area contributed by atoms with Crippen LogP contribution in [0.4, 0.5) is 5.69 Å². The number of nitrogens with one attached hydrogen (secondary N) is 2. The molecule has 10 heteroatoms. The van der Waals surface area contributed by atoms with Crippen LogP contribution in [-0.4, -0.2) is 50.8 Å². The third kappa shape index (κ3) is 4.74. The Bertz CT molecular complexity index is 1210. The van der Waals surface area contributed by atoms with Crippen molar-refractivity contribution in [1.29, 1.82) is 0 Å². The average Bonchev–Trinajstić information content (AvgIpc) is 2.83. The van der Waals surface area contributed by atoms with E-state index < -0.39 is 16.1 Å². The van der Waals surface area contributed by atoms with Crippen LogP contribution in [0.25, 0.3) is 0 Å². The van der Waals surface area contributed by atoms with E-state index in [1.165, 1.54) is 10.4 Å². The fourth-order valence-electron chi connectivity index (χ4n) is 4.29. The number of anilines is 1. The highest BCUT2D eigenvalue weighted by atomic mass is 32.2. The van der Waals surface area contributed by atoms with Crippen molar-refractivity contribution in [3.8, 4) is 11.5 Å². The highest BCUT2D eigenvalue weighted by molar-refractivity contribution is 7.89. The van der Waals surface area contributed by atoms with Gasteiger partial charge in [-0.15, -0.1) is 0 Å². The Hall–Kier alpha value is -3.11. The Morgan fingerprint density at radius 2 is 1.94 bits per heavy atom. The van der Waals surface area contributed by atoms with Crippen LogP contribution >= 0.6 is 0 Å². The van der Waals surface area contributed by atoms with Crippen molar-refractivity contribution in [3.05, 3.63) is 47.5 Å². The number of sulfonamides is 1.